The number of ether oxygens (including phenoxy) is 1. The number of benzene rings is 2. The van der Waals surface area contributed by atoms with E-state index in [0.29, 0.717) is 22.1 Å². The van der Waals surface area contributed by atoms with Gasteiger partial charge in [-0.25, -0.2) is 4.39 Å². The van der Waals surface area contributed by atoms with Crippen LogP contribution in [0.3, 0.4) is 0 Å². The Morgan fingerprint density at radius 2 is 2.11 bits per heavy atom. The predicted octanol–water partition coefficient (Wildman–Crippen LogP) is 4.57. The number of thiocarbonyl (C=S) groups is 1. The quantitative estimate of drug-likeness (QED) is 0.447. The van der Waals surface area contributed by atoms with Crippen molar-refractivity contribution in [2.75, 3.05) is 4.90 Å². The van der Waals surface area contributed by atoms with Crippen molar-refractivity contribution < 1.29 is 14.1 Å². The standard InChI is InChI=1S/C18H15ClFN3O3S/c1-9-16-12-7-11(23(24)25)4-6-15(12)26-18(9,2)22(17(27)21-16)10-3-5-14(20)13(19)8-10/h3-9,16H,1-2H3,(H,21,27)/t9-,16-,18-/m0/s1. The normalized spacial score (nSPS) is 26.1. The Morgan fingerprint density at radius 3 is 2.78 bits per heavy atom. The lowest BCUT2D eigenvalue weighted by molar-refractivity contribution is -0.385. The highest BCUT2D eigenvalue weighted by atomic mass is 35.5. The van der Waals surface area contributed by atoms with Gasteiger partial charge in [-0.05, 0) is 43.4 Å². The number of nitro benzene ring substituents is 1. The molecule has 0 aromatic heterocycles. The minimum atomic E-state index is -0.878. The van der Waals surface area contributed by atoms with Crippen molar-refractivity contribution in [3.05, 3.63) is 62.9 Å². The summed E-state index contributed by atoms with van der Waals surface area (Å²) < 4.78 is 19.9. The fraction of sp³-hybridized carbons (Fsp3) is 0.278. The van der Waals surface area contributed by atoms with Gasteiger partial charge in [0.25, 0.3) is 5.69 Å². The summed E-state index contributed by atoms with van der Waals surface area (Å²) in [5, 5.41) is 14.7. The molecule has 27 heavy (non-hydrogen) atoms. The minimum absolute atomic E-state index is 0.00591. The second-order valence-corrected chi connectivity index (χ2v) is 7.58. The van der Waals surface area contributed by atoms with Crippen molar-refractivity contribution in [3.63, 3.8) is 0 Å². The monoisotopic (exact) mass is 407 g/mol. The van der Waals surface area contributed by atoms with Crippen molar-refractivity contribution in [2.24, 2.45) is 5.92 Å². The number of non-ortho nitro benzene ring substituents is 1. The lowest BCUT2D eigenvalue weighted by Crippen LogP contribution is -2.69. The van der Waals surface area contributed by atoms with Crippen LogP contribution in [-0.4, -0.2) is 15.8 Å². The smallest absolute Gasteiger partial charge is 0.270 e. The summed E-state index contributed by atoms with van der Waals surface area (Å²) >= 11 is 11.5. The third-order valence-corrected chi connectivity index (χ3v) is 5.88. The maximum atomic E-state index is 13.6. The first-order valence-corrected chi connectivity index (χ1v) is 9.04. The summed E-state index contributed by atoms with van der Waals surface area (Å²) in [5.74, 6) is -0.100. The number of fused-ring (bicyclic) bond motifs is 4. The number of nitro groups is 1. The van der Waals surface area contributed by atoms with Gasteiger partial charge < -0.3 is 10.1 Å². The molecule has 0 spiro atoms. The molecule has 1 N–H and O–H groups in total. The van der Waals surface area contributed by atoms with Crippen LogP contribution in [0.1, 0.15) is 25.5 Å². The van der Waals surface area contributed by atoms with Crippen molar-refractivity contribution in [1.82, 2.24) is 5.32 Å². The first-order chi connectivity index (χ1) is 12.7. The zero-order valence-corrected chi connectivity index (χ0v) is 16.0. The number of hydrogen-bond acceptors (Lipinski definition) is 4. The minimum Gasteiger partial charge on any atom is -0.467 e. The zero-order chi connectivity index (χ0) is 19.5. The molecule has 0 aliphatic carbocycles. The van der Waals surface area contributed by atoms with Gasteiger partial charge in [0.15, 0.2) is 10.8 Å². The second-order valence-electron chi connectivity index (χ2n) is 6.79. The highest BCUT2D eigenvalue weighted by molar-refractivity contribution is 7.80. The predicted molar refractivity (Wildman–Crippen MR) is 104 cm³/mol. The maximum Gasteiger partial charge on any atom is 0.270 e. The van der Waals surface area contributed by atoms with Crippen LogP contribution in [0, 0.1) is 21.8 Å². The lowest BCUT2D eigenvalue weighted by Gasteiger charge is -2.56. The molecular weight excluding hydrogens is 393 g/mol. The van der Waals surface area contributed by atoms with Crippen LogP contribution in [0.15, 0.2) is 36.4 Å². The van der Waals surface area contributed by atoms with E-state index >= 15 is 0 Å². The molecule has 0 unspecified atom stereocenters. The van der Waals surface area contributed by atoms with E-state index in [1.807, 2.05) is 13.8 Å². The molecule has 2 aliphatic heterocycles. The third kappa shape index (κ3) is 2.62. The van der Waals surface area contributed by atoms with Gasteiger partial charge in [-0.1, -0.05) is 18.5 Å². The third-order valence-electron chi connectivity index (χ3n) is 5.29. The van der Waals surface area contributed by atoms with Gasteiger partial charge in [0.05, 0.1) is 16.0 Å². The highest BCUT2D eigenvalue weighted by Gasteiger charge is 2.54. The molecule has 4 rings (SSSR count). The van der Waals surface area contributed by atoms with Gasteiger partial charge in [0, 0.05) is 29.3 Å². The SMILES string of the molecule is C[C@H]1[C@@H]2NC(=S)N(c3ccc(F)c(Cl)c3)[C@@]1(C)Oc1ccc([N+](=O)[O-])cc12. The Hall–Kier alpha value is -2.45. The van der Waals surface area contributed by atoms with E-state index in [-0.39, 0.29) is 22.7 Å². The molecule has 2 aliphatic rings. The molecule has 1 saturated heterocycles. The van der Waals surface area contributed by atoms with E-state index in [9.17, 15) is 14.5 Å². The van der Waals surface area contributed by atoms with Crippen LogP contribution in [0.5, 0.6) is 5.75 Å². The van der Waals surface area contributed by atoms with Gasteiger partial charge in [-0.15, -0.1) is 0 Å². The van der Waals surface area contributed by atoms with Crippen LogP contribution < -0.4 is 15.0 Å². The van der Waals surface area contributed by atoms with E-state index in [1.54, 1.807) is 17.0 Å². The summed E-state index contributed by atoms with van der Waals surface area (Å²) in [6, 6.07) is 8.62. The molecule has 0 amide bonds. The number of anilines is 1. The topological polar surface area (TPSA) is 67.6 Å². The average Bonchev–Trinajstić information content (AvgIpc) is 2.60. The van der Waals surface area contributed by atoms with Crippen molar-refractivity contribution in [3.8, 4) is 5.75 Å². The molecule has 2 aromatic carbocycles. The molecule has 1 fully saturated rings. The number of nitrogens with one attached hydrogen (secondary N) is 1. The molecule has 3 atom stereocenters. The van der Waals surface area contributed by atoms with E-state index in [4.69, 9.17) is 28.6 Å². The molecule has 2 aromatic rings. The maximum absolute atomic E-state index is 13.6. The Balaban J connectivity index is 1.83. The number of halogens is 2. The van der Waals surface area contributed by atoms with E-state index in [1.165, 1.54) is 24.3 Å². The van der Waals surface area contributed by atoms with Crippen LogP contribution in [0.4, 0.5) is 15.8 Å². The molecule has 0 radical (unpaired) electrons. The van der Waals surface area contributed by atoms with Gasteiger partial charge in [0.1, 0.15) is 11.6 Å². The molecule has 2 bridgehead atoms. The van der Waals surface area contributed by atoms with Gasteiger partial charge in [-0.2, -0.15) is 0 Å². The van der Waals surface area contributed by atoms with Crippen LogP contribution >= 0.6 is 23.8 Å². The number of nitrogens with zero attached hydrogens (tertiary/aromatic N) is 2. The summed E-state index contributed by atoms with van der Waals surface area (Å²) in [6.07, 6.45) is 0. The molecule has 6 nitrogen and oxygen atoms in total. The Morgan fingerprint density at radius 1 is 1.37 bits per heavy atom. The van der Waals surface area contributed by atoms with Crippen LogP contribution in [-0.2, 0) is 0 Å². The number of rotatable bonds is 2. The summed E-state index contributed by atoms with van der Waals surface area (Å²) in [5.41, 5.74) is 0.399. The molecule has 9 heteroatoms. The van der Waals surface area contributed by atoms with Crippen molar-refractivity contribution >= 4 is 40.3 Å². The molecular formula is C18H15ClFN3O3S. The summed E-state index contributed by atoms with van der Waals surface area (Å²) in [7, 11) is 0. The van der Waals surface area contributed by atoms with Crippen LogP contribution in [0.2, 0.25) is 5.02 Å². The molecule has 2 heterocycles. The summed E-state index contributed by atoms with van der Waals surface area (Å²) in [6.45, 7) is 3.86. The van der Waals surface area contributed by atoms with Gasteiger partial charge >= 0.3 is 0 Å². The average molecular weight is 408 g/mol. The Kier molecular flexibility index (Phi) is 4.01. The molecule has 140 valence electrons. The number of hydrogen-bond donors (Lipinski definition) is 1. The van der Waals surface area contributed by atoms with E-state index in [2.05, 4.69) is 5.32 Å². The molecule has 0 saturated carbocycles. The Labute approximate surface area is 165 Å². The van der Waals surface area contributed by atoms with E-state index < -0.39 is 16.5 Å². The zero-order valence-electron chi connectivity index (χ0n) is 14.4. The van der Waals surface area contributed by atoms with Gasteiger partial charge in [0.2, 0.25) is 0 Å². The summed E-state index contributed by atoms with van der Waals surface area (Å²) in [4.78, 5) is 12.5. The fourth-order valence-corrected chi connectivity index (χ4v) is 4.32. The highest BCUT2D eigenvalue weighted by Crippen LogP contribution is 2.50. The first-order valence-electron chi connectivity index (χ1n) is 8.25. The largest absolute Gasteiger partial charge is 0.467 e. The Bertz CT molecular complexity index is 988. The van der Waals surface area contributed by atoms with Crippen molar-refractivity contribution in [2.45, 2.75) is 25.6 Å². The fourth-order valence-electron chi connectivity index (χ4n) is 3.73. The van der Waals surface area contributed by atoms with Gasteiger partial charge in [-0.3, -0.25) is 15.0 Å². The second kappa shape index (κ2) is 6.03. The first kappa shape index (κ1) is 17.9. The van der Waals surface area contributed by atoms with Crippen molar-refractivity contribution in [1.29, 1.82) is 0 Å². The van der Waals surface area contributed by atoms with Crippen LogP contribution in [0.25, 0.3) is 0 Å². The van der Waals surface area contributed by atoms with E-state index in [0.717, 1.165) is 0 Å². The lowest BCUT2D eigenvalue weighted by atomic mass is 9.80.